The Morgan fingerprint density at radius 2 is 2.44 bits per heavy atom. The fraction of sp³-hybridized carbons (Fsp3) is 0.600. The zero-order chi connectivity index (χ0) is 12.1. The van der Waals surface area contributed by atoms with Gasteiger partial charge in [0, 0.05) is 24.2 Å². The van der Waals surface area contributed by atoms with E-state index in [0.29, 0.717) is 5.75 Å². The van der Waals surface area contributed by atoms with E-state index in [-0.39, 0.29) is 0 Å². The van der Waals surface area contributed by atoms with Gasteiger partial charge in [-0.25, -0.2) is 0 Å². The van der Waals surface area contributed by atoms with Gasteiger partial charge in [-0.3, -0.25) is 9.48 Å². The third-order valence-corrected chi connectivity index (χ3v) is 3.35. The maximum Gasteiger partial charge on any atom is 0.321 e. The summed E-state index contributed by atoms with van der Waals surface area (Å²) in [6, 6.07) is 1.25. The second-order valence-corrected chi connectivity index (χ2v) is 4.59. The normalized spacial score (nSPS) is 12.7. The zero-order valence-corrected chi connectivity index (χ0v) is 10.3. The highest BCUT2D eigenvalue weighted by molar-refractivity contribution is 7.98. The van der Waals surface area contributed by atoms with E-state index in [4.69, 9.17) is 10.8 Å². The number of rotatable bonds is 6. The zero-order valence-electron chi connectivity index (χ0n) is 9.51. The molecule has 1 aromatic rings. The van der Waals surface area contributed by atoms with Crippen molar-refractivity contribution in [1.29, 1.82) is 0 Å². The van der Waals surface area contributed by atoms with Crippen molar-refractivity contribution < 1.29 is 9.90 Å². The summed E-state index contributed by atoms with van der Waals surface area (Å²) < 4.78 is 1.83. The first-order chi connectivity index (χ1) is 7.54. The Balaban J connectivity index is 2.42. The molecule has 90 valence electrons. The molecule has 0 aliphatic rings. The summed E-state index contributed by atoms with van der Waals surface area (Å²) in [6.45, 7) is 2.06. The Kier molecular flexibility index (Phi) is 4.82. The van der Waals surface area contributed by atoms with Gasteiger partial charge in [-0.1, -0.05) is 6.92 Å². The van der Waals surface area contributed by atoms with E-state index in [1.165, 1.54) is 11.8 Å². The number of aromatic nitrogens is 2. The van der Waals surface area contributed by atoms with Gasteiger partial charge < -0.3 is 10.8 Å². The van der Waals surface area contributed by atoms with Gasteiger partial charge in [-0.05, 0) is 12.5 Å². The van der Waals surface area contributed by atoms with Gasteiger partial charge in [0.15, 0.2) is 0 Å². The number of nitrogens with zero attached hydrogens (tertiary/aromatic N) is 2. The fourth-order valence-corrected chi connectivity index (χ4v) is 2.23. The van der Waals surface area contributed by atoms with Crippen LogP contribution in [0.5, 0.6) is 0 Å². The van der Waals surface area contributed by atoms with Gasteiger partial charge in [0.1, 0.15) is 6.04 Å². The molecule has 0 aliphatic heterocycles. The highest BCUT2D eigenvalue weighted by Crippen LogP contribution is 2.13. The number of carbonyl (C=O) groups is 1. The van der Waals surface area contributed by atoms with Crippen LogP contribution in [0.4, 0.5) is 0 Å². The average molecular weight is 243 g/mol. The van der Waals surface area contributed by atoms with Gasteiger partial charge >= 0.3 is 5.97 Å². The maximum atomic E-state index is 10.5. The lowest BCUT2D eigenvalue weighted by Gasteiger charge is -2.05. The van der Waals surface area contributed by atoms with E-state index in [9.17, 15) is 4.79 Å². The fourth-order valence-electron chi connectivity index (χ4n) is 1.24. The lowest BCUT2D eigenvalue weighted by Crippen LogP contribution is -2.32. The summed E-state index contributed by atoms with van der Waals surface area (Å²) in [4.78, 5) is 10.5. The largest absolute Gasteiger partial charge is 0.480 e. The van der Waals surface area contributed by atoms with E-state index in [2.05, 4.69) is 12.0 Å². The van der Waals surface area contributed by atoms with Gasteiger partial charge in [-0.15, -0.1) is 0 Å². The van der Waals surface area contributed by atoms with E-state index in [1.54, 1.807) is 0 Å². The highest BCUT2D eigenvalue weighted by atomic mass is 32.2. The molecule has 0 aliphatic carbocycles. The quantitative estimate of drug-likeness (QED) is 0.766. The van der Waals surface area contributed by atoms with Gasteiger partial charge in [0.2, 0.25) is 0 Å². The second-order valence-electron chi connectivity index (χ2n) is 3.56. The van der Waals surface area contributed by atoms with Crippen LogP contribution in [0.25, 0.3) is 0 Å². The molecule has 0 fully saturated rings. The van der Waals surface area contributed by atoms with Crippen molar-refractivity contribution in [3.8, 4) is 0 Å². The molecule has 0 amide bonds. The molecule has 1 unspecified atom stereocenters. The van der Waals surface area contributed by atoms with Gasteiger partial charge in [0.05, 0.1) is 5.69 Å². The molecule has 6 heteroatoms. The predicted molar refractivity (Wildman–Crippen MR) is 64.4 cm³/mol. The molecule has 0 radical (unpaired) electrons. The number of carboxylic acid groups (broad SMARTS) is 1. The van der Waals surface area contributed by atoms with Crippen LogP contribution in [0.1, 0.15) is 18.3 Å². The number of aryl methyl sites for hydroxylation is 2. The minimum atomic E-state index is -0.952. The summed E-state index contributed by atoms with van der Waals surface area (Å²) >= 11 is 1.51. The molecule has 0 aromatic carbocycles. The Labute approximate surface area is 99.0 Å². The molecule has 3 N–H and O–H groups in total. The maximum absolute atomic E-state index is 10.5. The third kappa shape index (κ3) is 3.53. The standard InChI is InChI=1S/C10H17N3O2S/c1-3-7-4-8(13(2)12-7)5-16-6-9(11)10(14)15/h4,9H,3,5-6,11H2,1-2H3,(H,14,15). The van der Waals surface area contributed by atoms with Crippen molar-refractivity contribution in [3.05, 3.63) is 17.5 Å². The summed E-state index contributed by atoms with van der Waals surface area (Å²) in [5, 5.41) is 12.9. The first-order valence-corrected chi connectivity index (χ1v) is 6.28. The topological polar surface area (TPSA) is 81.1 Å². The molecule has 1 rings (SSSR count). The van der Waals surface area contributed by atoms with E-state index in [1.807, 2.05) is 17.8 Å². The van der Waals surface area contributed by atoms with Gasteiger partial charge in [-0.2, -0.15) is 16.9 Å². The van der Waals surface area contributed by atoms with Crippen LogP contribution in [0.15, 0.2) is 6.07 Å². The van der Waals surface area contributed by atoms with Crippen molar-refractivity contribution in [3.63, 3.8) is 0 Å². The highest BCUT2D eigenvalue weighted by Gasteiger charge is 2.11. The van der Waals surface area contributed by atoms with Crippen LogP contribution >= 0.6 is 11.8 Å². The molecule has 1 heterocycles. The minimum absolute atomic E-state index is 0.419. The Bertz CT molecular complexity index is 365. The molecule has 0 saturated heterocycles. The SMILES string of the molecule is CCc1cc(CSCC(N)C(=O)O)n(C)n1. The lowest BCUT2D eigenvalue weighted by atomic mass is 10.3. The minimum Gasteiger partial charge on any atom is -0.480 e. The number of nitrogens with two attached hydrogens (primary N) is 1. The van der Waals surface area contributed by atoms with E-state index >= 15 is 0 Å². The molecule has 0 bridgehead atoms. The molecule has 16 heavy (non-hydrogen) atoms. The molecule has 0 saturated carbocycles. The summed E-state index contributed by atoms with van der Waals surface area (Å²) in [5.74, 6) is 0.207. The first kappa shape index (κ1) is 13.1. The molecule has 1 atom stereocenters. The first-order valence-electron chi connectivity index (χ1n) is 5.12. The van der Waals surface area contributed by atoms with Crippen LogP contribution in [-0.4, -0.2) is 32.7 Å². The molecule has 0 spiro atoms. The van der Waals surface area contributed by atoms with E-state index < -0.39 is 12.0 Å². The molecule has 5 nitrogen and oxygen atoms in total. The van der Waals surface area contributed by atoms with Gasteiger partial charge in [0.25, 0.3) is 0 Å². The lowest BCUT2D eigenvalue weighted by molar-refractivity contribution is -0.137. The number of aliphatic carboxylic acids is 1. The predicted octanol–water partition coefficient (Wildman–Crippen LogP) is 0.628. The number of hydrogen-bond acceptors (Lipinski definition) is 4. The Morgan fingerprint density at radius 1 is 1.75 bits per heavy atom. The van der Waals surface area contributed by atoms with Crippen LogP contribution in [0.2, 0.25) is 0 Å². The summed E-state index contributed by atoms with van der Waals surface area (Å²) in [7, 11) is 1.90. The van der Waals surface area contributed by atoms with Crippen molar-refractivity contribution in [2.45, 2.75) is 25.1 Å². The summed E-state index contributed by atoms with van der Waals surface area (Å²) in [5.41, 5.74) is 7.56. The molecule has 1 aromatic heterocycles. The summed E-state index contributed by atoms with van der Waals surface area (Å²) in [6.07, 6.45) is 0.910. The molecular formula is C10H17N3O2S. The van der Waals surface area contributed by atoms with Crippen LogP contribution in [0.3, 0.4) is 0 Å². The smallest absolute Gasteiger partial charge is 0.321 e. The van der Waals surface area contributed by atoms with Crippen molar-refractivity contribution in [2.24, 2.45) is 12.8 Å². The number of carboxylic acids is 1. The average Bonchev–Trinajstić information content (AvgIpc) is 2.59. The van der Waals surface area contributed by atoms with Crippen LogP contribution in [-0.2, 0) is 24.0 Å². The Morgan fingerprint density at radius 3 is 2.94 bits per heavy atom. The van der Waals surface area contributed by atoms with Crippen LogP contribution < -0.4 is 5.73 Å². The van der Waals surface area contributed by atoms with Crippen molar-refractivity contribution in [2.75, 3.05) is 5.75 Å². The monoisotopic (exact) mass is 243 g/mol. The second kappa shape index (κ2) is 5.91. The third-order valence-electron chi connectivity index (χ3n) is 2.25. The number of hydrogen-bond donors (Lipinski definition) is 2. The van der Waals surface area contributed by atoms with E-state index in [0.717, 1.165) is 23.6 Å². The van der Waals surface area contributed by atoms with Crippen LogP contribution in [0, 0.1) is 0 Å². The van der Waals surface area contributed by atoms with Crippen molar-refractivity contribution in [1.82, 2.24) is 9.78 Å². The Hall–Kier alpha value is -1.01. The van der Waals surface area contributed by atoms with Crippen molar-refractivity contribution >= 4 is 17.7 Å². The molecular weight excluding hydrogens is 226 g/mol. The number of thioether (sulfide) groups is 1.